The summed E-state index contributed by atoms with van der Waals surface area (Å²) in [6.07, 6.45) is 0. The van der Waals surface area contributed by atoms with Crippen molar-refractivity contribution >= 4 is 11.4 Å². The standard InChI is InChI=1S/C11H16N2O2/c12-11-2-1-10(7-9(11)8-14)13-3-5-15-6-4-13/h1-2,7,14H,3-6,8,12H2. The van der Waals surface area contributed by atoms with Crippen LogP contribution in [-0.2, 0) is 11.3 Å². The molecule has 0 radical (unpaired) electrons. The van der Waals surface area contributed by atoms with Crippen molar-refractivity contribution in [2.45, 2.75) is 6.61 Å². The predicted octanol–water partition coefficient (Wildman–Crippen LogP) is 0.598. The normalized spacial score (nSPS) is 16.7. The highest BCUT2D eigenvalue weighted by Gasteiger charge is 2.11. The number of nitrogens with zero attached hydrogens (tertiary/aromatic N) is 1. The summed E-state index contributed by atoms with van der Waals surface area (Å²) in [5.74, 6) is 0. The first-order chi connectivity index (χ1) is 7.31. The number of ether oxygens (including phenoxy) is 1. The van der Waals surface area contributed by atoms with E-state index < -0.39 is 0 Å². The first kappa shape index (κ1) is 10.3. The fraction of sp³-hybridized carbons (Fsp3) is 0.455. The highest BCUT2D eigenvalue weighted by Crippen LogP contribution is 2.21. The summed E-state index contributed by atoms with van der Waals surface area (Å²) in [5, 5.41) is 9.12. The maximum absolute atomic E-state index is 9.12. The van der Waals surface area contributed by atoms with Crippen molar-refractivity contribution in [2.75, 3.05) is 36.9 Å². The second-order valence-corrected chi connectivity index (χ2v) is 3.64. The lowest BCUT2D eigenvalue weighted by Crippen LogP contribution is -2.36. The Morgan fingerprint density at radius 1 is 1.33 bits per heavy atom. The number of rotatable bonds is 2. The van der Waals surface area contributed by atoms with Gasteiger partial charge in [-0.05, 0) is 18.2 Å². The molecule has 1 aliphatic heterocycles. The molecule has 0 saturated carbocycles. The zero-order valence-corrected chi connectivity index (χ0v) is 8.65. The van der Waals surface area contributed by atoms with E-state index in [2.05, 4.69) is 4.90 Å². The van der Waals surface area contributed by atoms with Gasteiger partial charge in [0.15, 0.2) is 0 Å². The Balaban J connectivity index is 2.20. The van der Waals surface area contributed by atoms with Crippen LogP contribution in [0.4, 0.5) is 11.4 Å². The molecule has 1 heterocycles. The summed E-state index contributed by atoms with van der Waals surface area (Å²) < 4.78 is 5.29. The van der Waals surface area contributed by atoms with E-state index in [0.29, 0.717) is 5.69 Å². The monoisotopic (exact) mass is 208 g/mol. The van der Waals surface area contributed by atoms with Crippen LogP contribution in [0.3, 0.4) is 0 Å². The molecule has 1 saturated heterocycles. The van der Waals surface area contributed by atoms with Crippen LogP contribution in [0.25, 0.3) is 0 Å². The smallest absolute Gasteiger partial charge is 0.0702 e. The van der Waals surface area contributed by atoms with Crippen LogP contribution >= 0.6 is 0 Å². The maximum Gasteiger partial charge on any atom is 0.0702 e. The van der Waals surface area contributed by atoms with E-state index in [1.54, 1.807) is 0 Å². The van der Waals surface area contributed by atoms with Crippen molar-refractivity contribution in [1.29, 1.82) is 0 Å². The van der Waals surface area contributed by atoms with E-state index >= 15 is 0 Å². The zero-order chi connectivity index (χ0) is 10.7. The molecule has 15 heavy (non-hydrogen) atoms. The minimum absolute atomic E-state index is 0.00991. The summed E-state index contributed by atoms with van der Waals surface area (Å²) >= 11 is 0. The molecule has 4 heteroatoms. The number of hydrogen-bond acceptors (Lipinski definition) is 4. The van der Waals surface area contributed by atoms with Gasteiger partial charge >= 0.3 is 0 Å². The average molecular weight is 208 g/mol. The molecule has 0 unspecified atom stereocenters. The van der Waals surface area contributed by atoms with E-state index in [9.17, 15) is 0 Å². The van der Waals surface area contributed by atoms with E-state index in [0.717, 1.165) is 37.6 Å². The molecule has 0 spiro atoms. The molecule has 0 atom stereocenters. The van der Waals surface area contributed by atoms with Gasteiger partial charge in [-0.2, -0.15) is 0 Å². The van der Waals surface area contributed by atoms with Crippen molar-refractivity contribution in [1.82, 2.24) is 0 Å². The van der Waals surface area contributed by atoms with Crippen molar-refractivity contribution in [2.24, 2.45) is 0 Å². The number of aliphatic hydroxyl groups excluding tert-OH is 1. The van der Waals surface area contributed by atoms with Crippen LogP contribution in [0.5, 0.6) is 0 Å². The van der Waals surface area contributed by atoms with Crippen molar-refractivity contribution in [3.63, 3.8) is 0 Å². The minimum atomic E-state index is -0.00991. The van der Waals surface area contributed by atoms with Crippen LogP contribution in [0.1, 0.15) is 5.56 Å². The van der Waals surface area contributed by atoms with Gasteiger partial charge in [-0.1, -0.05) is 0 Å². The quantitative estimate of drug-likeness (QED) is 0.699. The van der Waals surface area contributed by atoms with Crippen LogP contribution in [0, 0.1) is 0 Å². The van der Waals surface area contributed by atoms with Gasteiger partial charge in [-0.3, -0.25) is 0 Å². The van der Waals surface area contributed by atoms with E-state index in [1.807, 2.05) is 18.2 Å². The summed E-state index contributed by atoms with van der Waals surface area (Å²) in [7, 11) is 0. The van der Waals surface area contributed by atoms with Crippen LogP contribution in [0.15, 0.2) is 18.2 Å². The summed E-state index contributed by atoms with van der Waals surface area (Å²) in [4.78, 5) is 2.24. The van der Waals surface area contributed by atoms with Crippen molar-refractivity contribution in [3.05, 3.63) is 23.8 Å². The molecule has 0 aliphatic carbocycles. The Morgan fingerprint density at radius 3 is 2.73 bits per heavy atom. The molecule has 0 bridgehead atoms. The Hall–Kier alpha value is -1.26. The lowest BCUT2D eigenvalue weighted by molar-refractivity contribution is 0.122. The highest BCUT2D eigenvalue weighted by atomic mass is 16.5. The van der Waals surface area contributed by atoms with Crippen molar-refractivity contribution < 1.29 is 9.84 Å². The molecular formula is C11H16N2O2. The molecule has 2 rings (SSSR count). The van der Waals surface area contributed by atoms with Gasteiger partial charge in [0.25, 0.3) is 0 Å². The molecule has 0 amide bonds. The SMILES string of the molecule is Nc1ccc(N2CCOCC2)cc1CO. The van der Waals surface area contributed by atoms with Crippen LogP contribution in [-0.4, -0.2) is 31.4 Å². The molecule has 1 aromatic carbocycles. The lowest BCUT2D eigenvalue weighted by atomic mass is 10.1. The Labute approximate surface area is 89.3 Å². The highest BCUT2D eigenvalue weighted by molar-refractivity contribution is 5.58. The predicted molar refractivity (Wildman–Crippen MR) is 59.8 cm³/mol. The maximum atomic E-state index is 9.12. The van der Waals surface area contributed by atoms with Crippen LogP contribution in [0.2, 0.25) is 0 Å². The molecule has 1 aliphatic rings. The number of nitrogens with two attached hydrogens (primary N) is 1. The molecule has 0 aromatic heterocycles. The molecule has 1 fully saturated rings. The second-order valence-electron chi connectivity index (χ2n) is 3.64. The fourth-order valence-corrected chi connectivity index (χ4v) is 1.75. The van der Waals surface area contributed by atoms with Gasteiger partial charge in [0.05, 0.1) is 19.8 Å². The number of anilines is 2. The molecule has 82 valence electrons. The zero-order valence-electron chi connectivity index (χ0n) is 8.65. The number of morpholine rings is 1. The van der Waals surface area contributed by atoms with Gasteiger partial charge in [-0.25, -0.2) is 0 Å². The fourth-order valence-electron chi connectivity index (χ4n) is 1.75. The first-order valence-electron chi connectivity index (χ1n) is 5.13. The summed E-state index contributed by atoms with van der Waals surface area (Å²) in [6.45, 7) is 3.31. The molecule has 4 nitrogen and oxygen atoms in total. The largest absolute Gasteiger partial charge is 0.398 e. The summed E-state index contributed by atoms with van der Waals surface area (Å²) in [6, 6.07) is 5.77. The molecule has 1 aromatic rings. The lowest BCUT2D eigenvalue weighted by Gasteiger charge is -2.29. The first-order valence-corrected chi connectivity index (χ1v) is 5.13. The van der Waals surface area contributed by atoms with Gasteiger partial charge in [-0.15, -0.1) is 0 Å². The number of nitrogen functional groups attached to an aromatic ring is 1. The van der Waals surface area contributed by atoms with Gasteiger partial charge < -0.3 is 20.5 Å². The summed E-state index contributed by atoms with van der Waals surface area (Å²) in [5.41, 5.74) is 8.27. The number of hydrogen-bond donors (Lipinski definition) is 2. The Bertz CT molecular complexity index is 335. The van der Waals surface area contributed by atoms with Gasteiger partial charge in [0.1, 0.15) is 0 Å². The third-order valence-electron chi connectivity index (χ3n) is 2.67. The topological polar surface area (TPSA) is 58.7 Å². The van der Waals surface area contributed by atoms with E-state index in [1.165, 1.54) is 0 Å². The average Bonchev–Trinajstić information content (AvgIpc) is 2.31. The van der Waals surface area contributed by atoms with Crippen LogP contribution < -0.4 is 10.6 Å². The number of benzene rings is 1. The second kappa shape index (κ2) is 4.51. The van der Waals surface area contributed by atoms with Gasteiger partial charge in [0.2, 0.25) is 0 Å². The third kappa shape index (κ3) is 2.22. The molecular weight excluding hydrogens is 192 g/mol. The van der Waals surface area contributed by atoms with Crippen molar-refractivity contribution in [3.8, 4) is 0 Å². The van der Waals surface area contributed by atoms with E-state index in [4.69, 9.17) is 15.6 Å². The Morgan fingerprint density at radius 2 is 2.07 bits per heavy atom. The number of aliphatic hydroxyl groups is 1. The van der Waals surface area contributed by atoms with E-state index in [-0.39, 0.29) is 6.61 Å². The molecule has 3 N–H and O–H groups in total. The minimum Gasteiger partial charge on any atom is -0.398 e. The Kier molecular flexibility index (Phi) is 3.08. The van der Waals surface area contributed by atoms with Gasteiger partial charge in [0, 0.05) is 30.0 Å². The third-order valence-corrected chi connectivity index (χ3v) is 2.67.